The summed E-state index contributed by atoms with van der Waals surface area (Å²) in [5.74, 6) is 0.817. The minimum atomic E-state index is -0.770. The molecule has 0 saturated heterocycles. The summed E-state index contributed by atoms with van der Waals surface area (Å²) in [5, 5.41) is 9.61. The van der Waals surface area contributed by atoms with Crippen LogP contribution in [0.2, 0.25) is 0 Å². The molecule has 0 aliphatic rings. The molecule has 0 aliphatic carbocycles. The monoisotopic (exact) mass is 246 g/mol. The van der Waals surface area contributed by atoms with Gasteiger partial charge in [-0.3, -0.25) is 0 Å². The van der Waals surface area contributed by atoms with E-state index in [2.05, 4.69) is 12.6 Å². The Labute approximate surface area is 106 Å². The van der Waals surface area contributed by atoms with Crippen molar-refractivity contribution in [2.45, 2.75) is 5.44 Å². The van der Waals surface area contributed by atoms with Crippen LogP contribution >= 0.6 is 12.6 Å². The first-order valence-corrected chi connectivity index (χ1v) is 5.83. The Hall–Kier alpha value is -1.45. The van der Waals surface area contributed by atoms with Crippen molar-refractivity contribution in [1.82, 2.24) is 0 Å². The summed E-state index contributed by atoms with van der Waals surface area (Å²) >= 11 is 4.08. The predicted molar refractivity (Wildman–Crippen MR) is 72.4 cm³/mol. The Kier molecular flexibility index (Phi) is 3.71. The van der Waals surface area contributed by atoms with Crippen molar-refractivity contribution in [3.8, 4) is 16.9 Å². The summed E-state index contributed by atoms with van der Waals surface area (Å²) in [6.45, 7) is 0. The van der Waals surface area contributed by atoms with Gasteiger partial charge in [-0.05, 0) is 28.8 Å². The lowest BCUT2D eigenvalue weighted by Gasteiger charge is -2.11. The van der Waals surface area contributed by atoms with Gasteiger partial charge >= 0.3 is 0 Å². The summed E-state index contributed by atoms with van der Waals surface area (Å²) in [7, 11) is 1.64. The van der Waals surface area contributed by atoms with Crippen molar-refractivity contribution in [3.05, 3.63) is 54.1 Å². The lowest BCUT2D eigenvalue weighted by molar-refractivity contribution is 0.273. The molecule has 2 rings (SSSR count). The summed E-state index contributed by atoms with van der Waals surface area (Å²) in [6.07, 6.45) is 0. The van der Waals surface area contributed by atoms with E-state index < -0.39 is 5.44 Å². The molecule has 0 fully saturated rings. The zero-order chi connectivity index (χ0) is 12.3. The number of aliphatic hydroxyl groups is 1. The largest absolute Gasteiger partial charge is 0.497 e. The van der Waals surface area contributed by atoms with Gasteiger partial charge in [-0.2, -0.15) is 0 Å². The maximum atomic E-state index is 9.61. The highest BCUT2D eigenvalue weighted by Crippen LogP contribution is 2.30. The normalized spacial score (nSPS) is 12.2. The van der Waals surface area contributed by atoms with Gasteiger partial charge in [0.25, 0.3) is 0 Å². The second-order valence-electron chi connectivity index (χ2n) is 3.69. The van der Waals surface area contributed by atoms with E-state index in [0.717, 1.165) is 22.4 Å². The Morgan fingerprint density at radius 1 is 1.06 bits per heavy atom. The molecule has 0 aliphatic heterocycles. The van der Waals surface area contributed by atoms with Gasteiger partial charge in [-0.15, -0.1) is 12.6 Å². The average Bonchev–Trinajstić information content (AvgIpc) is 2.39. The highest BCUT2D eigenvalue weighted by atomic mass is 32.1. The van der Waals surface area contributed by atoms with Crippen molar-refractivity contribution in [3.63, 3.8) is 0 Å². The molecule has 88 valence electrons. The van der Waals surface area contributed by atoms with Gasteiger partial charge in [0, 0.05) is 0 Å². The van der Waals surface area contributed by atoms with Crippen molar-refractivity contribution in [1.29, 1.82) is 0 Å². The molecule has 0 amide bonds. The van der Waals surface area contributed by atoms with Gasteiger partial charge in [0.05, 0.1) is 7.11 Å². The Bertz CT molecular complexity index is 492. The van der Waals surface area contributed by atoms with E-state index in [1.165, 1.54) is 0 Å². The number of hydrogen-bond acceptors (Lipinski definition) is 3. The molecule has 0 bridgehead atoms. The summed E-state index contributed by atoms with van der Waals surface area (Å²) in [6, 6.07) is 15.4. The standard InChI is InChI=1S/C14H14O2S/c1-16-11-8-6-10(7-9-11)12-4-2-3-5-13(12)14(15)17/h2-9,14-15,17H,1H3. The molecule has 3 heteroatoms. The van der Waals surface area contributed by atoms with Crippen molar-refractivity contribution in [2.75, 3.05) is 7.11 Å². The zero-order valence-corrected chi connectivity index (χ0v) is 10.4. The van der Waals surface area contributed by atoms with Crippen LogP contribution in [0.1, 0.15) is 11.0 Å². The smallest absolute Gasteiger partial charge is 0.123 e. The third-order valence-electron chi connectivity index (χ3n) is 2.64. The SMILES string of the molecule is COc1ccc(-c2ccccc2C(O)S)cc1. The molecule has 2 aromatic carbocycles. The minimum absolute atomic E-state index is 0.770. The molecule has 0 spiro atoms. The molecule has 1 atom stereocenters. The van der Waals surface area contributed by atoms with Crippen molar-refractivity contribution in [2.24, 2.45) is 0 Å². The van der Waals surface area contributed by atoms with Crippen LogP contribution in [0.5, 0.6) is 5.75 Å². The molecule has 0 radical (unpaired) electrons. The number of hydrogen-bond donors (Lipinski definition) is 2. The first-order valence-electron chi connectivity index (χ1n) is 5.32. The number of rotatable bonds is 3. The topological polar surface area (TPSA) is 29.5 Å². The molecule has 0 aromatic heterocycles. The van der Waals surface area contributed by atoms with E-state index in [0.29, 0.717) is 0 Å². The molecule has 0 heterocycles. The van der Waals surface area contributed by atoms with Crippen LogP contribution in [0.4, 0.5) is 0 Å². The quantitative estimate of drug-likeness (QED) is 0.643. The second kappa shape index (κ2) is 5.25. The summed E-state index contributed by atoms with van der Waals surface area (Å²) < 4.78 is 5.12. The number of aliphatic hydroxyl groups excluding tert-OH is 1. The third-order valence-corrected chi connectivity index (χ3v) is 2.92. The molecule has 1 unspecified atom stereocenters. The third kappa shape index (κ3) is 2.62. The van der Waals surface area contributed by atoms with Crippen molar-refractivity contribution >= 4 is 12.6 Å². The van der Waals surface area contributed by atoms with E-state index in [-0.39, 0.29) is 0 Å². The zero-order valence-electron chi connectivity index (χ0n) is 9.50. The van der Waals surface area contributed by atoms with Crippen molar-refractivity contribution < 1.29 is 9.84 Å². The first kappa shape index (κ1) is 12.0. The van der Waals surface area contributed by atoms with Crippen LogP contribution in [0.25, 0.3) is 11.1 Å². The second-order valence-corrected chi connectivity index (χ2v) is 4.18. The van der Waals surface area contributed by atoms with E-state index in [1.807, 2.05) is 48.5 Å². The van der Waals surface area contributed by atoms with Gasteiger partial charge in [0.1, 0.15) is 11.2 Å². The maximum absolute atomic E-state index is 9.61. The fourth-order valence-corrected chi connectivity index (χ4v) is 1.98. The number of ether oxygens (including phenoxy) is 1. The Morgan fingerprint density at radius 3 is 2.29 bits per heavy atom. The van der Waals surface area contributed by atoms with Crippen LogP contribution in [0, 0.1) is 0 Å². The lowest BCUT2D eigenvalue weighted by Crippen LogP contribution is -1.92. The van der Waals surface area contributed by atoms with Crippen LogP contribution in [0.3, 0.4) is 0 Å². The van der Waals surface area contributed by atoms with Crippen LogP contribution in [-0.4, -0.2) is 12.2 Å². The van der Waals surface area contributed by atoms with E-state index in [4.69, 9.17) is 4.74 Å². The van der Waals surface area contributed by atoms with E-state index >= 15 is 0 Å². The molecule has 1 N–H and O–H groups in total. The minimum Gasteiger partial charge on any atom is -0.497 e. The van der Waals surface area contributed by atoms with Gasteiger partial charge in [-0.25, -0.2) is 0 Å². The van der Waals surface area contributed by atoms with Gasteiger partial charge in [0.15, 0.2) is 0 Å². The van der Waals surface area contributed by atoms with Gasteiger partial charge < -0.3 is 9.84 Å². The number of methoxy groups -OCH3 is 1. The van der Waals surface area contributed by atoms with Gasteiger partial charge in [0.2, 0.25) is 0 Å². The highest BCUT2D eigenvalue weighted by molar-refractivity contribution is 7.80. The number of thiol groups is 1. The maximum Gasteiger partial charge on any atom is 0.123 e. The molecular formula is C14H14O2S. The molecule has 17 heavy (non-hydrogen) atoms. The van der Waals surface area contributed by atoms with E-state index in [9.17, 15) is 5.11 Å². The Morgan fingerprint density at radius 2 is 1.71 bits per heavy atom. The summed E-state index contributed by atoms with van der Waals surface area (Å²) in [4.78, 5) is 0. The fourth-order valence-electron chi connectivity index (χ4n) is 1.76. The molecule has 2 nitrogen and oxygen atoms in total. The lowest BCUT2D eigenvalue weighted by atomic mass is 10.00. The predicted octanol–water partition coefficient (Wildman–Crippen LogP) is 3.28. The molecule has 0 saturated carbocycles. The molecule has 2 aromatic rings. The average molecular weight is 246 g/mol. The first-order chi connectivity index (χ1) is 8.22. The summed E-state index contributed by atoms with van der Waals surface area (Å²) in [5.41, 5.74) is 2.06. The Balaban J connectivity index is 2.45. The van der Waals surface area contributed by atoms with Gasteiger partial charge in [-0.1, -0.05) is 36.4 Å². The fraction of sp³-hybridized carbons (Fsp3) is 0.143. The van der Waals surface area contributed by atoms with Crippen LogP contribution in [0.15, 0.2) is 48.5 Å². The van der Waals surface area contributed by atoms with Crippen LogP contribution in [-0.2, 0) is 0 Å². The van der Waals surface area contributed by atoms with Crippen LogP contribution < -0.4 is 4.74 Å². The number of benzene rings is 2. The van der Waals surface area contributed by atoms with E-state index in [1.54, 1.807) is 7.11 Å². The highest BCUT2D eigenvalue weighted by Gasteiger charge is 2.09. The molecular weight excluding hydrogens is 232 g/mol.